The normalized spacial score (nSPS) is 13.2. The van der Waals surface area contributed by atoms with Crippen molar-refractivity contribution in [3.8, 4) is 5.75 Å². The van der Waals surface area contributed by atoms with Gasteiger partial charge in [0.2, 0.25) is 0 Å². The Kier molecular flexibility index (Phi) is 4.58. The molecule has 0 spiro atoms. The van der Waals surface area contributed by atoms with Gasteiger partial charge in [-0.1, -0.05) is 6.92 Å². The first-order valence-electron chi connectivity index (χ1n) is 5.81. The van der Waals surface area contributed by atoms with Gasteiger partial charge >= 0.3 is 0 Å². The van der Waals surface area contributed by atoms with Crippen molar-refractivity contribution in [1.82, 2.24) is 0 Å². The highest BCUT2D eigenvalue weighted by molar-refractivity contribution is 6.33. The lowest BCUT2D eigenvalue weighted by atomic mass is 10.1. The van der Waals surface area contributed by atoms with E-state index in [1.54, 1.807) is 24.3 Å². The van der Waals surface area contributed by atoms with Crippen molar-refractivity contribution in [2.75, 3.05) is 0 Å². The summed E-state index contributed by atoms with van der Waals surface area (Å²) >= 11 is 5.92. The van der Waals surface area contributed by atoms with Crippen LogP contribution in [0.25, 0.3) is 0 Å². The molecule has 1 unspecified atom stereocenters. The molecule has 0 heterocycles. The van der Waals surface area contributed by atoms with Gasteiger partial charge in [-0.2, -0.15) is 0 Å². The number of ether oxygens (including phenoxy) is 1. The minimum atomic E-state index is -0.440. The van der Waals surface area contributed by atoms with Crippen LogP contribution < -0.4 is 4.74 Å². The highest BCUT2D eigenvalue weighted by atomic mass is 35.5. The topological polar surface area (TPSA) is 26.3 Å². The maximum absolute atomic E-state index is 11.8. The zero-order chi connectivity index (χ0) is 13.1. The Morgan fingerprint density at radius 1 is 1.29 bits per heavy atom. The van der Waals surface area contributed by atoms with Crippen LogP contribution in [0.3, 0.4) is 0 Å². The minimum absolute atomic E-state index is 0.0310. The average Bonchev–Trinajstić information content (AvgIpc) is 2.26. The van der Waals surface area contributed by atoms with E-state index in [4.69, 9.17) is 16.3 Å². The van der Waals surface area contributed by atoms with Gasteiger partial charge in [-0.25, -0.2) is 0 Å². The Labute approximate surface area is 108 Å². The molecule has 0 saturated carbocycles. The molecule has 0 aliphatic rings. The van der Waals surface area contributed by atoms with Crippen molar-refractivity contribution < 1.29 is 9.53 Å². The Hall–Kier alpha value is -1.02. The number of rotatable bonds is 4. The zero-order valence-corrected chi connectivity index (χ0v) is 11.5. The molecular formula is C14H19ClO2. The maximum Gasteiger partial charge on any atom is 0.180 e. The molecule has 0 saturated heterocycles. The Bertz CT molecular complexity index is 376. The predicted octanol–water partition coefficient (Wildman–Crippen LogP) is 4.06. The molecule has 0 radical (unpaired) electrons. The summed E-state index contributed by atoms with van der Waals surface area (Å²) in [5.74, 6) is 0.730. The number of Topliss-reactive ketones (excluding diaryl/α,β-unsaturated/α-hetero) is 1. The maximum atomic E-state index is 11.8. The predicted molar refractivity (Wildman–Crippen MR) is 71.1 cm³/mol. The van der Waals surface area contributed by atoms with E-state index in [2.05, 4.69) is 0 Å². The number of carbonyl (C=O) groups is 1. The molecule has 2 nitrogen and oxygen atoms in total. The summed E-state index contributed by atoms with van der Waals surface area (Å²) in [5, 5.41) is -0.440. The standard InChI is InChI=1S/C14H19ClO2/c1-5-12(15)13(16)10-6-8-11(9-7-10)17-14(2,3)4/h6-9,12H,5H2,1-4H3. The van der Waals surface area contributed by atoms with Gasteiger partial charge in [-0.3, -0.25) is 4.79 Å². The smallest absolute Gasteiger partial charge is 0.180 e. The lowest BCUT2D eigenvalue weighted by Gasteiger charge is -2.21. The SMILES string of the molecule is CCC(Cl)C(=O)c1ccc(OC(C)(C)C)cc1. The Morgan fingerprint density at radius 3 is 2.24 bits per heavy atom. The van der Waals surface area contributed by atoms with Crippen molar-refractivity contribution in [2.24, 2.45) is 0 Å². The van der Waals surface area contributed by atoms with Crippen LogP contribution >= 0.6 is 11.6 Å². The van der Waals surface area contributed by atoms with E-state index in [0.717, 1.165) is 5.75 Å². The van der Waals surface area contributed by atoms with Crippen molar-refractivity contribution in [2.45, 2.75) is 45.1 Å². The number of halogens is 1. The molecule has 0 bridgehead atoms. The van der Waals surface area contributed by atoms with E-state index in [1.165, 1.54) is 0 Å². The first-order valence-corrected chi connectivity index (χ1v) is 6.24. The summed E-state index contributed by atoms with van der Waals surface area (Å²) in [6, 6.07) is 7.12. The lowest BCUT2D eigenvalue weighted by Crippen LogP contribution is -2.23. The monoisotopic (exact) mass is 254 g/mol. The van der Waals surface area contributed by atoms with E-state index in [1.807, 2.05) is 27.7 Å². The van der Waals surface area contributed by atoms with Gasteiger partial charge in [0.25, 0.3) is 0 Å². The van der Waals surface area contributed by atoms with Crippen molar-refractivity contribution in [1.29, 1.82) is 0 Å². The van der Waals surface area contributed by atoms with E-state index in [9.17, 15) is 4.79 Å². The van der Waals surface area contributed by atoms with Gasteiger partial charge in [0.15, 0.2) is 5.78 Å². The third-order valence-electron chi connectivity index (χ3n) is 2.21. The molecule has 0 aromatic heterocycles. The van der Waals surface area contributed by atoms with Crippen LogP contribution in [0, 0.1) is 0 Å². The number of ketones is 1. The summed E-state index contributed by atoms with van der Waals surface area (Å²) < 4.78 is 5.68. The number of alkyl halides is 1. The van der Waals surface area contributed by atoms with Gasteiger partial charge in [0.05, 0.1) is 5.38 Å². The molecule has 0 aliphatic carbocycles. The number of hydrogen-bond donors (Lipinski definition) is 0. The second kappa shape index (κ2) is 5.54. The van der Waals surface area contributed by atoms with Crippen LogP contribution in [0.4, 0.5) is 0 Å². The van der Waals surface area contributed by atoms with Crippen LogP contribution in [-0.2, 0) is 0 Å². The second-order valence-corrected chi connectivity index (χ2v) is 5.51. The fourth-order valence-electron chi connectivity index (χ4n) is 1.41. The molecule has 3 heteroatoms. The summed E-state index contributed by atoms with van der Waals surface area (Å²) in [6.07, 6.45) is 0.640. The van der Waals surface area contributed by atoms with Gasteiger partial charge < -0.3 is 4.74 Å². The fraction of sp³-hybridized carbons (Fsp3) is 0.500. The number of hydrogen-bond acceptors (Lipinski definition) is 2. The Morgan fingerprint density at radius 2 is 1.82 bits per heavy atom. The van der Waals surface area contributed by atoms with E-state index in [-0.39, 0.29) is 11.4 Å². The quantitative estimate of drug-likeness (QED) is 0.598. The van der Waals surface area contributed by atoms with Crippen LogP contribution in [0.1, 0.15) is 44.5 Å². The molecular weight excluding hydrogens is 236 g/mol. The fourth-order valence-corrected chi connectivity index (χ4v) is 1.53. The number of carbonyl (C=O) groups excluding carboxylic acids is 1. The van der Waals surface area contributed by atoms with Crippen LogP contribution in [0.15, 0.2) is 24.3 Å². The van der Waals surface area contributed by atoms with Gasteiger partial charge in [-0.15, -0.1) is 11.6 Å². The Balaban J connectivity index is 2.78. The summed E-state index contributed by atoms with van der Waals surface area (Å²) in [5.41, 5.74) is 0.400. The summed E-state index contributed by atoms with van der Waals surface area (Å²) in [4.78, 5) is 11.8. The van der Waals surface area contributed by atoms with Crippen molar-refractivity contribution in [3.63, 3.8) is 0 Å². The molecule has 1 rings (SSSR count). The lowest BCUT2D eigenvalue weighted by molar-refractivity contribution is 0.0985. The minimum Gasteiger partial charge on any atom is -0.488 e. The number of benzene rings is 1. The molecule has 0 amide bonds. The van der Waals surface area contributed by atoms with Crippen LogP contribution in [0.2, 0.25) is 0 Å². The summed E-state index contributed by atoms with van der Waals surface area (Å²) in [6.45, 7) is 7.85. The molecule has 1 aromatic carbocycles. The third-order valence-corrected chi connectivity index (χ3v) is 2.71. The first-order chi connectivity index (χ1) is 7.83. The average molecular weight is 255 g/mol. The van der Waals surface area contributed by atoms with Gasteiger partial charge in [-0.05, 0) is 51.5 Å². The van der Waals surface area contributed by atoms with Crippen LogP contribution in [-0.4, -0.2) is 16.8 Å². The van der Waals surface area contributed by atoms with E-state index in [0.29, 0.717) is 12.0 Å². The largest absolute Gasteiger partial charge is 0.488 e. The molecule has 94 valence electrons. The summed E-state index contributed by atoms with van der Waals surface area (Å²) in [7, 11) is 0. The third kappa shape index (κ3) is 4.39. The molecule has 1 aromatic rings. The van der Waals surface area contributed by atoms with E-state index >= 15 is 0 Å². The van der Waals surface area contributed by atoms with Gasteiger partial charge in [0.1, 0.15) is 11.4 Å². The van der Waals surface area contributed by atoms with Crippen molar-refractivity contribution in [3.05, 3.63) is 29.8 Å². The van der Waals surface area contributed by atoms with E-state index < -0.39 is 5.38 Å². The highest BCUT2D eigenvalue weighted by Gasteiger charge is 2.16. The van der Waals surface area contributed by atoms with Crippen molar-refractivity contribution >= 4 is 17.4 Å². The highest BCUT2D eigenvalue weighted by Crippen LogP contribution is 2.20. The molecule has 0 N–H and O–H groups in total. The van der Waals surface area contributed by atoms with Gasteiger partial charge in [0, 0.05) is 5.56 Å². The molecule has 17 heavy (non-hydrogen) atoms. The molecule has 0 aliphatic heterocycles. The zero-order valence-electron chi connectivity index (χ0n) is 10.8. The second-order valence-electron chi connectivity index (χ2n) is 4.98. The first kappa shape index (κ1) is 14.0. The van der Waals surface area contributed by atoms with Crippen LogP contribution in [0.5, 0.6) is 5.75 Å². The molecule has 1 atom stereocenters. The molecule has 0 fully saturated rings.